The monoisotopic (exact) mass is 429 g/mol. The van der Waals surface area contributed by atoms with Crippen molar-refractivity contribution in [1.82, 2.24) is 9.88 Å². The highest BCUT2D eigenvalue weighted by Crippen LogP contribution is 2.31. The number of fused-ring (bicyclic) bond motifs is 3. The van der Waals surface area contributed by atoms with E-state index in [0.717, 1.165) is 22.5 Å². The van der Waals surface area contributed by atoms with Crippen LogP contribution in [0.5, 0.6) is 0 Å². The predicted octanol–water partition coefficient (Wildman–Crippen LogP) is 4.58. The second kappa shape index (κ2) is 8.17. The molecule has 3 aromatic rings. The number of aromatic nitrogens is 1. The van der Waals surface area contributed by atoms with Crippen LogP contribution in [-0.2, 0) is 16.0 Å². The third kappa shape index (κ3) is 3.74. The third-order valence-electron chi connectivity index (χ3n) is 5.00. The lowest BCUT2D eigenvalue weighted by atomic mass is 10.0. The fraction of sp³-hybridized carbons (Fsp3) is 0.182. The fourth-order valence-corrected chi connectivity index (χ4v) is 3.54. The van der Waals surface area contributed by atoms with Gasteiger partial charge in [-0.3, -0.25) is 4.90 Å². The number of aromatic amines is 1. The van der Waals surface area contributed by atoms with E-state index in [2.05, 4.69) is 10.3 Å². The lowest BCUT2D eigenvalue weighted by Gasteiger charge is -2.19. The Morgan fingerprint density at radius 2 is 1.90 bits per heavy atom. The van der Waals surface area contributed by atoms with Crippen LogP contribution in [0.3, 0.4) is 0 Å². The molecule has 0 aliphatic carbocycles. The molecule has 0 bridgehead atoms. The summed E-state index contributed by atoms with van der Waals surface area (Å²) in [6, 6.07) is 8.35. The molecule has 2 heterocycles. The Labute approximate surface area is 175 Å². The molecule has 160 valence electrons. The Balaban J connectivity index is 1.71. The molecule has 2 amide bonds. The molecular weight excluding hydrogens is 411 g/mol. The summed E-state index contributed by atoms with van der Waals surface area (Å²) in [5.41, 5.74) is 1.83. The number of urea groups is 1. The Morgan fingerprint density at radius 1 is 1.13 bits per heavy atom. The molecule has 1 aromatic heterocycles. The minimum Gasteiger partial charge on any atom is -0.462 e. The normalized spacial score (nSPS) is 13.4. The molecule has 1 aliphatic rings. The minimum absolute atomic E-state index is 0.131. The van der Waals surface area contributed by atoms with Crippen molar-refractivity contribution >= 4 is 34.2 Å². The van der Waals surface area contributed by atoms with Crippen LogP contribution >= 0.6 is 0 Å². The van der Waals surface area contributed by atoms with Crippen LogP contribution < -0.4 is 5.32 Å². The molecule has 31 heavy (non-hydrogen) atoms. The molecular formula is C22H18F3N3O3. The van der Waals surface area contributed by atoms with Crippen molar-refractivity contribution in [2.24, 2.45) is 0 Å². The highest BCUT2D eigenvalue weighted by atomic mass is 19.2. The molecule has 2 aromatic carbocycles. The zero-order valence-corrected chi connectivity index (χ0v) is 16.5. The van der Waals surface area contributed by atoms with Gasteiger partial charge in [0, 0.05) is 23.6 Å². The van der Waals surface area contributed by atoms with E-state index in [4.69, 9.17) is 4.74 Å². The van der Waals surface area contributed by atoms with Crippen molar-refractivity contribution in [3.05, 3.63) is 71.3 Å². The van der Waals surface area contributed by atoms with Gasteiger partial charge in [-0.25, -0.2) is 22.8 Å². The minimum atomic E-state index is -1.68. The summed E-state index contributed by atoms with van der Waals surface area (Å²) in [5.74, 6) is -5.18. The highest BCUT2D eigenvalue weighted by molar-refractivity contribution is 6.18. The molecule has 1 aliphatic heterocycles. The molecule has 0 fully saturated rings. The van der Waals surface area contributed by atoms with Gasteiger partial charge in [0.2, 0.25) is 0 Å². The van der Waals surface area contributed by atoms with Gasteiger partial charge < -0.3 is 15.0 Å². The van der Waals surface area contributed by atoms with Crippen LogP contribution in [0.2, 0.25) is 0 Å². The number of anilines is 1. The number of carbonyl (C=O) groups is 2. The van der Waals surface area contributed by atoms with Crippen molar-refractivity contribution in [2.75, 3.05) is 18.5 Å². The number of benzene rings is 2. The molecule has 0 saturated carbocycles. The number of hydrogen-bond acceptors (Lipinski definition) is 3. The molecule has 0 saturated heterocycles. The summed E-state index contributed by atoms with van der Waals surface area (Å²) >= 11 is 0. The predicted molar refractivity (Wildman–Crippen MR) is 109 cm³/mol. The van der Waals surface area contributed by atoms with E-state index >= 15 is 0 Å². The zero-order chi connectivity index (χ0) is 22.1. The summed E-state index contributed by atoms with van der Waals surface area (Å²) < 4.78 is 45.8. The number of H-pyrrole nitrogens is 1. The van der Waals surface area contributed by atoms with Gasteiger partial charge in [-0.15, -0.1) is 0 Å². The summed E-state index contributed by atoms with van der Waals surface area (Å²) in [4.78, 5) is 29.8. The van der Waals surface area contributed by atoms with Crippen LogP contribution in [-0.4, -0.2) is 35.0 Å². The maximum atomic E-state index is 14.0. The van der Waals surface area contributed by atoms with Gasteiger partial charge in [0.05, 0.1) is 23.6 Å². The van der Waals surface area contributed by atoms with Crippen molar-refractivity contribution in [2.45, 2.75) is 13.3 Å². The number of rotatable bonds is 3. The van der Waals surface area contributed by atoms with Gasteiger partial charge in [-0.1, -0.05) is 18.2 Å². The molecule has 0 radical (unpaired) electrons. The molecule has 4 rings (SSSR count). The highest BCUT2D eigenvalue weighted by Gasteiger charge is 2.27. The number of para-hydroxylation sites is 1. The second-order valence-corrected chi connectivity index (χ2v) is 6.88. The van der Waals surface area contributed by atoms with Gasteiger partial charge in [0.15, 0.2) is 17.5 Å². The quantitative estimate of drug-likeness (QED) is 0.473. The Hall–Kier alpha value is -3.75. The SMILES string of the molecule is CCOC(=O)C1=CN(C(=O)Nc2ccc(F)c(F)c2F)CCc2c1[nH]c1ccccc21. The van der Waals surface area contributed by atoms with Crippen molar-refractivity contribution in [1.29, 1.82) is 0 Å². The Kier molecular flexibility index (Phi) is 5.41. The first kappa shape index (κ1) is 20.5. The van der Waals surface area contributed by atoms with Crippen LogP contribution in [0.4, 0.5) is 23.7 Å². The molecule has 2 N–H and O–H groups in total. The lowest BCUT2D eigenvalue weighted by Crippen LogP contribution is -2.32. The first-order chi connectivity index (χ1) is 14.9. The largest absolute Gasteiger partial charge is 0.462 e. The van der Waals surface area contributed by atoms with E-state index in [-0.39, 0.29) is 18.7 Å². The summed E-state index contributed by atoms with van der Waals surface area (Å²) in [5, 5.41) is 3.13. The van der Waals surface area contributed by atoms with Gasteiger partial charge in [-0.05, 0) is 37.1 Å². The van der Waals surface area contributed by atoms with E-state index < -0.39 is 35.1 Å². The maximum absolute atomic E-state index is 14.0. The van der Waals surface area contributed by atoms with Gasteiger partial charge in [0.25, 0.3) is 0 Å². The Morgan fingerprint density at radius 3 is 2.68 bits per heavy atom. The Bertz CT molecular complexity index is 1220. The number of nitrogens with zero attached hydrogens (tertiary/aromatic N) is 1. The standard InChI is InChI=1S/C22H18F3N3O3/c1-2-31-21(29)14-11-28(22(30)27-17-8-7-15(23)18(24)19(17)25)10-9-13-12-5-3-4-6-16(12)26-20(13)14/h3-8,11,26H,2,9-10H2,1H3,(H,27,30). The van der Waals surface area contributed by atoms with Gasteiger partial charge in [-0.2, -0.15) is 0 Å². The first-order valence-corrected chi connectivity index (χ1v) is 9.60. The van der Waals surface area contributed by atoms with Crippen LogP contribution in [0.1, 0.15) is 18.2 Å². The third-order valence-corrected chi connectivity index (χ3v) is 5.00. The van der Waals surface area contributed by atoms with E-state index in [1.807, 2.05) is 24.3 Å². The van der Waals surface area contributed by atoms with Crippen molar-refractivity contribution < 1.29 is 27.5 Å². The zero-order valence-electron chi connectivity index (χ0n) is 16.5. The van der Waals surface area contributed by atoms with Gasteiger partial charge >= 0.3 is 12.0 Å². The summed E-state index contributed by atoms with van der Waals surface area (Å²) in [7, 11) is 0. The second-order valence-electron chi connectivity index (χ2n) is 6.88. The van der Waals surface area contributed by atoms with Crippen molar-refractivity contribution in [3.63, 3.8) is 0 Å². The van der Waals surface area contributed by atoms with E-state index in [9.17, 15) is 22.8 Å². The number of esters is 1. The first-order valence-electron chi connectivity index (χ1n) is 9.60. The summed E-state index contributed by atoms with van der Waals surface area (Å²) in [6.45, 7) is 1.96. The van der Waals surface area contributed by atoms with Crippen molar-refractivity contribution in [3.8, 4) is 0 Å². The lowest BCUT2D eigenvalue weighted by molar-refractivity contribution is -0.136. The number of halogens is 3. The molecule has 0 atom stereocenters. The van der Waals surface area contributed by atoms with E-state index in [1.165, 1.54) is 11.1 Å². The number of nitrogens with one attached hydrogen (secondary N) is 2. The van der Waals surface area contributed by atoms with Crippen LogP contribution in [0.15, 0.2) is 42.6 Å². The van der Waals surface area contributed by atoms with Gasteiger partial charge in [0.1, 0.15) is 0 Å². The average molecular weight is 429 g/mol. The summed E-state index contributed by atoms with van der Waals surface area (Å²) in [6.07, 6.45) is 1.71. The molecule has 0 unspecified atom stereocenters. The molecule has 0 spiro atoms. The number of amides is 2. The number of carbonyl (C=O) groups excluding carboxylic acids is 2. The number of ether oxygens (including phenoxy) is 1. The molecule has 6 nitrogen and oxygen atoms in total. The van der Waals surface area contributed by atoms with E-state index in [1.54, 1.807) is 6.92 Å². The average Bonchev–Trinajstić information content (AvgIpc) is 3.01. The number of hydrogen-bond donors (Lipinski definition) is 2. The van der Waals surface area contributed by atoms with E-state index in [0.29, 0.717) is 18.2 Å². The van der Waals surface area contributed by atoms with Crippen LogP contribution in [0.25, 0.3) is 16.5 Å². The maximum Gasteiger partial charge on any atom is 0.341 e. The topological polar surface area (TPSA) is 74.4 Å². The molecule has 9 heteroatoms. The fourth-order valence-electron chi connectivity index (χ4n) is 3.54. The smallest absolute Gasteiger partial charge is 0.341 e. The van der Waals surface area contributed by atoms with Crippen LogP contribution in [0, 0.1) is 17.5 Å².